The molecule has 0 saturated heterocycles. The highest BCUT2D eigenvalue weighted by molar-refractivity contribution is 7.93. The first-order valence-corrected chi connectivity index (χ1v) is 12.7. The highest BCUT2D eigenvalue weighted by atomic mass is 32.2. The van der Waals surface area contributed by atoms with Crippen molar-refractivity contribution < 1.29 is 32.0 Å². The fraction of sp³-hybridized carbons (Fsp3) is 0.227. The van der Waals surface area contributed by atoms with Gasteiger partial charge in [-0.05, 0) is 48.4 Å². The molecular formula is C22H22F2N4O5S2. The number of nitrogens with zero attached hydrogens (tertiary/aromatic N) is 1. The summed E-state index contributed by atoms with van der Waals surface area (Å²) in [5.74, 6) is -2.84. The van der Waals surface area contributed by atoms with Gasteiger partial charge in [0.2, 0.25) is 21.7 Å². The number of halogens is 2. The zero-order valence-electron chi connectivity index (χ0n) is 18.4. The van der Waals surface area contributed by atoms with Crippen LogP contribution in [0.25, 0.3) is 0 Å². The minimum absolute atomic E-state index is 0.0183. The maximum atomic E-state index is 13.4. The van der Waals surface area contributed by atoms with Crippen molar-refractivity contribution in [2.45, 2.75) is 41.3 Å². The Morgan fingerprint density at radius 2 is 1.77 bits per heavy atom. The Morgan fingerprint density at radius 1 is 1.11 bits per heavy atom. The molecule has 3 aromatic rings. The van der Waals surface area contributed by atoms with Gasteiger partial charge in [0, 0.05) is 6.07 Å². The largest absolute Gasteiger partial charge is 0.344 e. The van der Waals surface area contributed by atoms with Gasteiger partial charge in [-0.25, -0.2) is 22.2 Å². The normalized spacial score (nSPS) is 12.1. The van der Waals surface area contributed by atoms with Crippen molar-refractivity contribution in [3.8, 4) is 0 Å². The lowest BCUT2D eigenvalue weighted by atomic mass is 10.1. The summed E-state index contributed by atoms with van der Waals surface area (Å²) in [6, 6.07) is 7.17. The lowest BCUT2D eigenvalue weighted by Gasteiger charge is -2.17. The van der Waals surface area contributed by atoms with Gasteiger partial charge >= 0.3 is 0 Å². The zero-order chi connectivity index (χ0) is 25.6. The van der Waals surface area contributed by atoms with Gasteiger partial charge in [0.05, 0.1) is 23.2 Å². The maximum Gasteiger partial charge on any atom is 0.248 e. The van der Waals surface area contributed by atoms with Gasteiger partial charge in [0.1, 0.15) is 21.9 Å². The molecule has 0 radical (unpaired) electrons. The molecule has 186 valence electrons. The fourth-order valence-corrected chi connectivity index (χ4v) is 5.60. The van der Waals surface area contributed by atoms with Crippen LogP contribution in [-0.4, -0.2) is 36.5 Å². The van der Waals surface area contributed by atoms with Gasteiger partial charge in [-0.3, -0.25) is 20.3 Å². The van der Waals surface area contributed by atoms with Crippen molar-refractivity contribution in [1.82, 2.24) is 10.3 Å². The van der Waals surface area contributed by atoms with Crippen molar-refractivity contribution >= 4 is 43.8 Å². The standard InChI is InChI=1S/C22H22F2N4O5S2/c1-2-3-18(26-19(29)10-13-8-14(23)11-15(24)9-13)21(30)27-22-25-12-20(34-22)35(32,33)17-6-4-16(28-31)5-7-17/h4-9,11-12,18,28,31H,2-3,10H2,1H3,(H,26,29)(H,25,27,30). The van der Waals surface area contributed by atoms with Crippen molar-refractivity contribution in [1.29, 1.82) is 0 Å². The highest BCUT2D eigenvalue weighted by Crippen LogP contribution is 2.29. The van der Waals surface area contributed by atoms with Crippen molar-refractivity contribution in [3.05, 3.63) is 65.9 Å². The van der Waals surface area contributed by atoms with E-state index in [1.54, 1.807) is 6.92 Å². The molecule has 0 aliphatic heterocycles. The van der Waals surface area contributed by atoms with Crippen LogP contribution in [0.4, 0.5) is 19.6 Å². The Labute approximate surface area is 204 Å². The van der Waals surface area contributed by atoms with Crippen LogP contribution in [0.3, 0.4) is 0 Å². The predicted molar refractivity (Wildman–Crippen MR) is 125 cm³/mol. The minimum atomic E-state index is -3.91. The first-order valence-electron chi connectivity index (χ1n) is 10.4. The van der Waals surface area contributed by atoms with Gasteiger partial charge < -0.3 is 10.6 Å². The van der Waals surface area contributed by atoms with Crippen molar-refractivity contribution in [2.75, 3.05) is 10.8 Å². The molecule has 1 heterocycles. The molecule has 0 aliphatic rings. The van der Waals surface area contributed by atoms with Crippen LogP contribution in [0.2, 0.25) is 0 Å². The summed E-state index contributed by atoms with van der Waals surface area (Å²) < 4.78 is 52.2. The Balaban J connectivity index is 1.68. The van der Waals surface area contributed by atoms with Gasteiger partial charge in [0.25, 0.3) is 0 Å². The summed E-state index contributed by atoms with van der Waals surface area (Å²) >= 11 is 0.741. The van der Waals surface area contributed by atoms with E-state index < -0.39 is 39.3 Å². The number of hydrogen-bond acceptors (Lipinski definition) is 8. The number of rotatable bonds is 10. The number of benzene rings is 2. The van der Waals surface area contributed by atoms with E-state index in [0.29, 0.717) is 18.2 Å². The Hall–Kier alpha value is -3.42. The number of aromatic nitrogens is 1. The second-order valence-corrected chi connectivity index (χ2v) is 10.7. The smallest absolute Gasteiger partial charge is 0.248 e. The van der Waals surface area contributed by atoms with E-state index in [1.807, 2.05) is 5.48 Å². The summed E-state index contributed by atoms with van der Waals surface area (Å²) in [4.78, 5) is 29.0. The molecule has 0 aliphatic carbocycles. The van der Waals surface area contributed by atoms with Crippen molar-refractivity contribution in [3.63, 3.8) is 0 Å². The number of hydrogen-bond donors (Lipinski definition) is 4. The number of nitrogens with one attached hydrogen (secondary N) is 3. The van der Waals surface area contributed by atoms with E-state index >= 15 is 0 Å². The number of amides is 2. The van der Waals surface area contributed by atoms with Crippen LogP contribution in [-0.2, 0) is 25.8 Å². The molecule has 0 bridgehead atoms. The summed E-state index contributed by atoms with van der Waals surface area (Å²) in [6.45, 7) is 1.81. The first-order chi connectivity index (χ1) is 16.6. The molecule has 9 nitrogen and oxygen atoms in total. The molecule has 1 atom stereocenters. The molecule has 1 aromatic heterocycles. The van der Waals surface area contributed by atoms with Crippen LogP contribution in [0.5, 0.6) is 0 Å². The number of carbonyl (C=O) groups is 2. The van der Waals surface area contributed by atoms with Crippen LogP contribution in [0.15, 0.2) is 57.8 Å². The highest BCUT2D eigenvalue weighted by Gasteiger charge is 2.24. The Bertz CT molecular complexity index is 1290. The molecule has 2 aromatic carbocycles. The summed E-state index contributed by atoms with van der Waals surface area (Å²) in [5.41, 5.74) is 2.34. The van der Waals surface area contributed by atoms with Gasteiger partial charge in [-0.1, -0.05) is 24.7 Å². The molecular weight excluding hydrogens is 502 g/mol. The van der Waals surface area contributed by atoms with Gasteiger partial charge in [0.15, 0.2) is 5.13 Å². The molecule has 1 unspecified atom stereocenters. The Kier molecular flexibility index (Phi) is 8.48. The molecule has 0 spiro atoms. The number of sulfone groups is 1. The third-order valence-corrected chi connectivity index (χ3v) is 7.93. The van der Waals surface area contributed by atoms with Gasteiger partial charge in [-0.15, -0.1) is 0 Å². The average Bonchev–Trinajstić information content (AvgIpc) is 3.27. The lowest BCUT2D eigenvalue weighted by Crippen LogP contribution is -2.44. The van der Waals surface area contributed by atoms with E-state index in [1.165, 1.54) is 24.3 Å². The van der Waals surface area contributed by atoms with Crippen molar-refractivity contribution in [2.24, 2.45) is 0 Å². The van der Waals surface area contributed by atoms with Crippen LogP contribution >= 0.6 is 11.3 Å². The Morgan fingerprint density at radius 3 is 2.37 bits per heavy atom. The molecule has 3 rings (SSSR count). The maximum absolute atomic E-state index is 13.4. The predicted octanol–water partition coefficient (Wildman–Crippen LogP) is 3.52. The monoisotopic (exact) mass is 524 g/mol. The molecule has 13 heteroatoms. The van der Waals surface area contributed by atoms with E-state index in [-0.39, 0.29) is 32.6 Å². The van der Waals surface area contributed by atoms with Gasteiger partial charge in [-0.2, -0.15) is 0 Å². The molecule has 4 N–H and O–H groups in total. The summed E-state index contributed by atoms with van der Waals surface area (Å²) in [5, 5.41) is 13.9. The minimum Gasteiger partial charge on any atom is -0.344 e. The second kappa shape index (κ2) is 11.3. The number of carbonyl (C=O) groups excluding carboxylic acids is 2. The fourth-order valence-electron chi connectivity index (χ4n) is 3.16. The molecule has 0 saturated carbocycles. The van der Waals surface area contributed by atoms with Crippen LogP contribution in [0, 0.1) is 11.6 Å². The molecule has 2 amide bonds. The SMILES string of the molecule is CCCC(NC(=O)Cc1cc(F)cc(F)c1)C(=O)Nc1ncc(S(=O)(=O)c2ccc(NO)cc2)s1. The first kappa shape index (κ1) is 26.2. The van der Waals surface area contributed by atoms with E-state index in [4.69, 9.17) is 5.21 Å². The van der Waals surface area contributed by atoms with E-state index in [2.05, 4.69) is 15.6 Å². The number of anilines is 2. The van der Waals surface area contributed by atoms with E-state index in [9.17, 15) is 26.8 Å². The molecule has 35 heavy (non-hydrogen) atoms. The lowest BCUT2D eigenvalue weighted by molar-refractivity contribution is -0.126. The summed E-state index contributed by atoms with van der Waals surface area (Å²) in [7, 11) is -3.91. The average molecular weight is 525 g/mol. The topological polar surface area (TPSA) is 137 Å². The molecule has 0 fully saturated rings. The second-order valence-electron chi connectivity index (χ2n) is 7.48. The summed E-state index contributed by atoms with van der Waals surface area (Å²) in [6.07, 6.45) is 1.60. The van der Waals surface area contributed by atoms with E-state index in [0.717, 1.165) is 29.7 Å². The zero-order valence-corrected chi connectivity index (χ0v) is 20.1. The third-order valence-electron chi connectivity index (χ3n) is 4.79. The number of thiazole rings is 1. The quantitative estimate of drug-likeness (QED) is 0.298. The van der Waals surface area contributed by atoms with Crippen LogP contribution < -0.4 is 16.1 Å². The van der Waals surface area contributed by atoms with Crippen LogP contribution in [0.1, 0.15) is 25.3 Å². The third kappa shape index (κ3) is 6.81.